The van der Waals surface area contributed by atoms with E-state index >= 15 is 0 Å². The lowest BCUT2D eigenvalue weighted by atomic mass is 10.1. The smallest absolute Gasteiger partial charge is 0.0503 e. The predicted molar refractivity (Wildman–Crippen MR) is 41.3 cm³/mol. The van der Waals surface area contributed by atoms with Gasteiger partial charge in [-0.3, -0.25) is 4.98 Å². The molecule has 0 bridgehead atoms. The van der Waals surface area contributed by atoms with E-state index in [9.17, 15) is 0 Å². The van der Waals surface area contributed by atoms with Crippen molar-refractivity contribution < 1.29 is 0 Å². The quantitative estimate of drug-likeness (QED) is 0.598. The van der Waals surface area contributed by atoms with Crippen molar-refractivity contribution in [3.8, 4) is 0 Å². The summed E-state index contributed by atoms with van der Waals surface area (Å²) in [7, 11) is 0. The van der Waals surface area contributed by atoms with Crippen LogP contribution in [0.15, 0.2) is 18.5 Å². The van der Waals surface area contributed by atoms with Crippen LogP contribution in [-0.2, 0) is 0 Å². The number of nitrogens with zero attached hydrogens (tertiary/aromatic N) is 1. The summed E-state index contributed by atoms with van der Waals surface area (Å²) in [4.78, 5) is 3.90. The molecule has 10 heavy (non-hydrogen) atoms. The van der Waals surface area contributed by atoms with Crippen LogP contribution < -0.4 is 11.5 Å². The number of nitrogen functional groups attached to an aromatic ring is 1. The number of anilines is 1. The average Bonchev–Trinajstić information content (AvgIpc) is 1.88. The summed E-state index contributed by atoms with van der Waals surface area (Å²) in [6.07, 6.45) is 3.33. The van der Waals surface area contributed by atoms with Crippen LogP contribution in [-0.4, -0.2) is 4.98 Å². The Balaban J connectivity index is 2.96. The minimum atomic E-state index is 0.0102. The number of aromatic nitrogens is 1. The van der Waals surface area contributed by atoms with E-state index in [1.165, 1.54) is 0 Å². The Morgan fingerprint density at radius 2 is 2.20 bits per heavy atom. The zero-order valence-electron chi connectivity index (χ0n) is 5.91. The molecule has 3 nitrogen and oxygen atoms in total. The third-order valence-corrected chi connectivity index (χ3v) is 1.31. The van der Waals surface area contributed by atoms with Crippen molar-refractivity contribution in [2.45, 2.75) is 13.0 Å². The first-order valence-electron chi connectivity index (χ1n) is 3.16. The highest BCUT2D eigenvalue weighted by atomic mass is 14.7. The Bertz CT molecular complexity index is 220. The first kappa shape index (κ1) is 7.02. The fourth-order valence-corrected chi connectivity index (χ4v) is 0.725. The molecule has 4 N–H and O–H groups in total. The lowest BCUT2D eigenvalue weighted by molar-refractivity contribution is 0.812. The molecule has 1 heterocycles. The number of hydrogen-bond donors (Lipinski definition) is 2. The number of nitrogens with two attached hydrogens (primary N) is 2. The molecule has 0 aliphatic carbocycles. The van der Waals surface area contributed by atoms with Gasteiger partial charge < -0.3 is 11.5 Å². The van der Waals surface area contributed by atoms with Gasteiger partial charge in [0, 0.05) is 18.4 Å². The van der Waals surface area contributed by atoms with Crippen LogP contribution in [0.25, 0.3) is 0 Å². The molecule has 1 atom stereocenters. The zero-order valence-corrected chi connectivity index (χ0v) is 5.91. The fourth-order valence-electron chi connectivity index (χ4n) is 0.725. The fraction of sp³-hybridized carbons (Fsp3) is 0.286. The minimum Gasteiger partial charge on any atom is -0.397 e. The first-order chi connectivity index (χ1) is 4.70. The molecule has 1 aromatic rings. The summed E-state index contributed by atoms with van der Waals surface area (Å²) in [5.74, 6) is 0. The van der Waals surface area contributed by atoms with Gasteiger partial charge in [-0.05, 0) is 18.6 Å². The van der Waals surface area contributed by atoms with Gasteiger partial charge in [0.2, 0.25) is 0 Å². The van der Waals surface area contributed by atoms with Gasteiger partial charge in [-0.1, -0.05) is 0 Å². The second kappa shape index (κ2) is 2.66. The monoisotopic (exact) mass is 137 g/mol. The molecule has 0 amide bonds. The Kier molecular flexibility index (Phi) is 1.87. The highest BCUT2D eigenvalue weighted by molar-refractivity contribution is 5.37. The van der Waals surface area contributed by atoms with Crippen molar-refractivity contribution in [1.82, 2.24) is 4.98 Å². The average molecular weight is 137 g/mol. The topological polar surface area (TPSA) is 64.9 Å². The zero-order chi connectivity index (χ0) is 7.56. The van der Waals surface area contributed by atoms with E-state index in [2.05, 4.69) is 4.98 Å². The van der Waals surface area contributed by atoms with Crippen LogP contribution in [0, 0.1) is 0 Å². The molecule has 0 radical (unpaired) electrons. The summed E-state index contributed by atoms with van der Waals surface area (Å²) in [6, 6.07) is 1.84. The summed E-state index contributed by atoms with van der Waals surface area (Å²) >= 11 is 0. The maximum absolute atomic E-state index is 5.59. The second-order valence-electron chi connectivity index (χ2n) is 2.34. The first-order valence-corrected chi connectivity index (χ1v) is 3.16. The van der Waals surface area contributed by atoms with E-state index in [0.717, 1.165) is 5.56 Å². The van der Waals surface area contributed by atoms with E-state index in [1.807, 2.05) is 13.0 Å². The van der Waals surface area contributed by atoms with Crippen molar-refractivity contribution in [2.24, 2.45) is 5.73 Å². The molecular formula is C7H11N3. The standard InChI is InChI=1S/C7H11N3/c1-5(8)6-2-7(9)4-10-3-6/h2-5H,8-9H2,1H3. The molecule has 1 rings (SSSR count). The Morgan fingerprint density at radius 1 is 1.50 bits per heavy atom. The van der Waals surface area contributed by atoms with Crippen molar-refractivity contribution in [2.75, 3.05) is 5.73 Å². The van der Waals surface area contributed by atoms with E-state index in [1.54, 1.807) is 12.4 Å². The molecular weight excluding hydrogens is 126 g/mol. The van der Waals surface area contributed by atoms with Gasteiger partial charge in [0.1, 0.15) is 0 Å². The molecule has 1 aromatic heterocycles. The maximum Gasteiger partial charge on any atom is 0.0503 e. The van der Waals surface area contributed by atoms with E-state index < -0.39 is 0 Å². The number of hydrogen-bond acceptors (Lipinski definition) is 3. The molecule has 0 spiro atoms. The maximum atomic E-state index is 5.59. The van der Waals surface area contributed by atoms with Crippen LogP contribution in [0.5, 0.6) is 0 Å². The Hall–Kier alpha value is -1.09. The SMILES string of the molecule is CC(N)c1cncc(N)c1. The van der Waals surface area contributed by atoms with Gasteiger partial charge >= 0.3 is 0 Å². The van der Waals surface area contributed by atoms with Crippen LogP contribution in [0.3, 0.4) is 0 Å². The highest BCUT2D eigenvalue weighted by Crippen LogP contribution is 2.10. The summed E-state index contributed by atoms with van der Waals surface area (Å²) < 4.78 is 0. The molecule has 0 saturated heterocycles. The third-order valence-electron chi connectivity index (χ3n) is 1.31. The van der Waals surface area contributed by atoms with Gasteiger partial charge in [0.05, 0.1) is 5.69 Å². The molecule has 0 aliphatic heterocycles. The van der Waals surface area contributed by atoms with Gasteiger partial charge in [0.15, 0.2) is 0 Å². The van der Waals surface area contributed by atoms with Crippen LogP contribution >= 0.6 is 0 Å². The van der Waals surface area contributed by atoms with E-state index in [0.29, 0.717) is 5.69 Å². The summed E-state index contributed by atoms with van der Waals surface area (Å²) in [5, 5.41) is 0. The largest absolute Gasteiger partial charge is 0.397 e. The summed E-state index contributed by atoms with van der Waals surface area (Å²) in [5.41, 5.74) is 12.7. The van der Waals surface area contributed by atoms with Crippen molar-refractivity contribution in [1.29, 1.82) is 0 Å². The third kappa shape index (κ3) is 1.45. The van der Waals surface area contributed by atoms with Crippen molar-refractivity contribution in [3.63, 3.8) is 0 Å². The molecule has 0 fully saturated rings. The normalized spacial score (nSPS) is 13.0. The molecule has 0 saturated carbocycles. The second-order valence-corrected chi connectivity index (χ2v) is 2.34. The molecule has 0 aromatic carbocycles. The van der Waals surface area contributed by atoms with Crippen LogP contribution in [0.1, 0.15) is 18.5 Å². The van der Waals surface area contributed by atoms with Gasteiger partial charge in [-0.15, -0.1) is 0 Å². The lowest BCUT2D eigenvalue weighted by Crippen LogP contribution is -2.05. The van der Waals surface area contributed by atoms with Gasteiger partial charge in [-0.25, -0.2) is 0 Å². The molecule has 54 valence electrons. The van der Waals surface area contributed by atoms with Gasteiger partial charge in [-0.2, -0.15) is 0 Å². The molecule has 3 heteroatoms. The van der Waals surface area contributed by atoms with Crippen molar-refractivity contribution >= 4 is 5.69 Å². The summed E-state index contributed by atoms with van der Waals surface area (Å²) in [6.45, 7) is 1.90. The minimum absolute atomic E-state index is 0.0102. The van der Waals surface area contributed by atoms with Crippen LogP contribution in [0.4, 0.5) is 5.69 Å². The number of pyridine rings is 1. The van der Waals surface area contributed by atoms with E-state index in [4.69, 9.17) is 11.5 Å². The number of rotatable bonds is 1. The Labute approximate surface area is 60.1 Å². The predicted octanol–water partition coefficient (Wildman–Crippen LogP) is 0.684. The lowest BCUT2D eigenvalue weighted by Gasteiger charge is -2.03. The molecule has 1 unspecified atom stereocenters. The van der Waals surface area contributed by atoms with E-state index in [-0.39, 0.29) is 6.04 Å². The van der Waals surface area contributed by atoms with Gasteiger partial charge in [0.25, 0.3) is 0 Å². The van der Waals surface area contributed by atoms with Crippen LogP contribution in [0.2, 0.25) is 0 Å². The Morgan fingerprint density at radius 3 is 2.60 bits per heavy atom. The highest BCUT2D eigenvalue weighted by Gasteiger charge is 1.97. The van der Waals surface area contributed by atoms with Crippen molar-refractivity contribution in [3.05, 3.63) is 24.0 Å². The molecule has 0 aliphatic rings.